The Bertz CT molecular complexity index is 732. The maximum absolute atomic E-state index is 12.6. The van der Waals surface area contributed by atoms with Crippen molar-refractivity contribution in [1.82, 2.24) is 14.9 Å². The van der Waals surface area contributed by atoms with Crippen molar-refractivity contribution in [2.24, 2.45) is 5.92 Å². The number of pyridine rings is 1. The number of carbonyl (C=O) groups is 2. The zero-order chi connectivity index (χ0) is 17.6. The Morgan fingerprint density at radius 3 is 2.92 bits per heavy atom. The van der Waals surface area contributed by atoms with Crippen molar-refractivity contribution in [3.8, 4) is 10.6 Å². The summed E-state index contributed by atoms with van der Waals surface area (Å²) < 4.78 is 5.09. The second-order valence-corrected chi connectivity index (χ2v) is 6.85. The van der Waals surface area contributed by atoms with Crippen LogP contribution in [0, 0.1) is 5.92 Å². The normalized spacial score (nSPS) is 17.3. The predicted molar refractivity (Wildman–Crippen MR) is 95.0 cm³/mol. The van der Waals surface area contributed by atoms with Gasteiger partial charge in [0.25, 0.3) is 0 Å². The summed E-state index contributed by atoms with van der Waals surface area (Å²) in [5, 5.41) is 2.80. The van der Waals surface area contributed by atoms with Crippen molar-refractivity contribution in [2.45, 2.75) is 26.2 Å². The molecule has 3 rings (SSSR count). The first-order valence-corrected chi connectivity index (χ1v) is 9.34. The van der Waals surface area contributed by atoms with Gasteiger partial charge in [-0.2, -0.15) is 0 Å². The Balaban J connectivity index is 1.60. The Morgan fingerprint density at radius 1 is 1.36 bits per heavy atom. The van der Waals surface area contributed by atoms with Gasteiger partial charge in [-0.05, 0) is 31.9 Å². The fraction of sp³-hybridized carbons (Fsp3) is 0.444. The first kappa shape index (κ1) is 17.5. The summed E-state index contributed by atoms with van der Waals surface area (Å²) in [4.78, 5) is 34.8. The van der Waals surface area contributed by atoms with Gasteiger partial charge in [0, 0.05) is 36.4 Å². The van der Waals surface area contributed by atoms with E-state index in [1.54, 1.807) is 24.2 Å². The summed E-state index contributed by atoms with van der Waals surface area (Å²) in [5.74, 6) is -0.394. The fourth-order valence-electron chi connectivity index (χ4n) is 2.94. The molecule has 0 bridgehead atoms. The average molecular weight is 359 g/mol. The number of amides is 1. The van der Waals surface area contributed by atoms with Crippen LogP contribution in [0.4, 0.5) is 0 Å². The highest BCUT2D eigenvalue weighted by molar-refractivity contribution is 7.13. The van der Waals surface area contributed by atoms with Crippen LogP contribution in [0.1, 0.15) is 25.5 Å². The topological polar surface area (TPSA) is 72.4 Å². The molecule has 132 valence electrons. The SMILES string of the molecule is CCOC(=O)C1CCCN(C(=O)Cc2csc(-c3ccncc3)n2)C1. The van der Waals surface area contributed by atoms with Crippen molar-refractivity contribution >= 4 is 23.2 Å². The molecule has 1 aliphatic heterocycles. The van der Waals surface area contributed by atoms with Crippen molar-refractivity contribution in [3.63, 3.8) is 0 Å². The van der Waals surface area contributed by atoms with E-state index in [2.05, 4.69) is 9.97 Å². The highest BCUT2D eigenvalue weighted by atomic mass is 32.1. The van der Waals surface area contributed by atoms with E-state index >= 15 is 0 Å². The van der Waals surface area contributed by atoms with Crippen LogP contribution in [0.5, 0.6) is 0 Å². The van der Waals surface area contributed by atoms with Gasteiger partial charge >= 0.3 is 5.97 Å². The van der Waals surface area contributed by atoms with Gasteiger partial charge in [-0.1, -0.05) is 0 Å². The van der Waals surface area contributed by atoms with E-state index in [-0.39, 0.29) is 24.2 Å². The third-order valence-electron chi connectivity index (χ3n) is 4.21. The molecule has 1 saturated heterocycles. The molecule has 0 radical (unpaired) electrons. The summed E-state index contributed by atoms with van der Waals surface area (Å²) in [7, 11) is 0. The summed E-state index contributed by atoms with van der Waals surface area (Å²) in [6.07, 6.45) is 5.33. The lowest BCUT2D eigenvalue weighted by atomic mass is 9.98. The van der Waals surface area contributed by atoms with Crippen LogP contribution in [-0.2, 0) is 20.7 Å². The molecule has 1 atom stereocenters. The molecule has 1 fully saturated rings. The standard InChI is InChI=1S/C18H21N3O3S/c1-2-24-18(23)14-4-3-9-21(11-14)16(22)10-15-12-25-17(20-15)13-5-7-19-8-6-13/h5-8,12,14H,2-4,9-11H2,1H3. The number of piperidine rings is 1. The molecule has 1 aliphatic rings. The van der Waals surface area contributed by atoms with Crippen LogP contribution in [0.25, 0.3) is 10.6 Å². The average Bonchev–Trinajstić information content (AvgIpc) is 3.11. The van der Waals surface area contributed by atoms with Gasteiger partial charge in [0.1, 0.15) is 5.01 Å². The van der Waals surface area contributed by atoms with E-state index < -0.39 is 0 Å². The molecule has 0 aliphatic carbocycles. The third-order valence-corrected chi connectivity index (χ3v) is 5.15. The predicted octanol–water partition coefficient (Wildman–Crippen LogP) is 2.55. The number of aromatic nitrogens is 2. The lowest BCUT2D eigenvalue weighted by Gasteiger charge is -2.31. The van der Waals surface area contributed by atoms with Crippen molar-refractivity contribution in [2.75, 3.05) is 19.7 Å². The molecule has 3 heterocycles. The minimum atomic E-state index is -0.208. The molecule has 1 amide bonds. The van der Waals surface area contributed by atoms with E-state index in [4.69, 9.17) is 4.74 Å². The van der Waals surface area contributed by atoms with Crippen LogP contribution in [0.15, 0.2) is 29.9 Å². The summed E-state index contributed by atoms with van der Waals surface area (Å²) in [6.45, 7) is 3.31. The van der Waals surface area contributed by atoms with Crippen LogP contribution < -0.4 is 0 Å². The molecule has 2 aromatic heterocycles. The number of hydrogen-bond acceptors (Lipinski definition) is 6. The minimum Gasteiger partial charge on any atom is -0.466 e. The second-order valence-electron chi connectivity index (χ2n) is 5.99. The lowest BCUT2D eigenvalue weighted by Crippen LogP contribution is -2.43. The van der Waals surface area contributed by atoms with E-state index in [0.29, 0.717) is 19.7 Å². The lowest BCUT2D eigenvalue weighted by molar-refractivity contribution is -0.151. The maximum Gasteiger partial charge on any atom is 0.310 e. The molecule has 0 spiro atoms. The largest absolute Gasteiger partial charge is 0.466 e. The molecule has 6 nitrogen and oxygen atoms in total. The zero-order valence-electron chi connectivity index (χ0n) is 14.2. The number of hydrogen-bond donors (Lipinski definition) is 0. The van der Waals surface area contributed by atoms with Crippen molar-refractivity contribution < 1.29 is 14.3 Å². The smallest absolute Gasteiger partial charge is 0.310 e. The van der Waals surface area contributed by atoms with Crippen LogP contribution in [-0.4, -0.2) is 46.4 Å². The summed E-state index contributed by atoms with van der Waals surface area (Å²) >= 11 is 1.52. The number of carbonyl (C=O) groups excluding carboxylic acids is 2. The molecule has 0 saturated carbocycles. The zero-order valence-corrected chi connectivity index (χ0v) is 15.0. The third kappa shape index (κ3) is 4.42. The van der Waals surface area contributed by atoms with Crippen LogP contribution >= 0.6 is 11.3 Å². The molecule has 0 N–H and O–H groups in total. The first-order chi connectivity index (χ1) is 12.2. The molecule has 25 heavy (non-hydrogen) atoms. The maximum atomic E-state index is 12.6. The number of esters is 1. The Hall–Kier alpha value is -2.28. The molecule has 0 aromatic carbocycles. The van der Waals surface area contributed by atoms with Crippen LogP contribution in [0.2, 0.25) is 0 Å². The number of likely N-dealkylation sites (tertiary alicyclic amines) is 1. The Labute approximate surface area is 150 Å². The van der Waals surface area contributed by atoms with Gasteiger partial charge in [0.05, 0.1) is 24.6 Å². The molecule has 7 heteroatoms. The highest BCUT2D eigenvalue weighted by Crippen LogP contribution is 2.24. The van der Waals surface area contributed by atoms with Gasteiger partial charge in [-0.25, -0.2) is 4.98 Å². The molecular formula is C18H21N3O3S. The highest BCUT2D eigenvalue weighted by Gasteiger charge is 2.29. The van der Waals surface area contributed by atoms with Gasteiger partial charge in [0.2, 0.25) is 5.91 Å². The van der Waals surface area contributed by atoms with E-state index in [0.717, 1.165) is 29.1 Å². The van der Waals surface area contributed by atoms with Crippen LogP contribution in [0.3, 0.4) is 0 Å². The number of nitrogens with zero attached hydrogens (tertiary/aromatic N) is 3. The minimum absolute atomic E-state index is 0.0144. The summed E-state index contributed by atoms with van der Waals surface area (Å²) in [5.41, 5.74) is 1.76. The van der Waals surface area contributed by atoms with E-state index in [1.807, 2.05) is 17.5 Å². The Morgan fingerprint density at radius 2 is 2.16 bits per heavy atom. The van der Waals surface area contributed by atoms with Gasteiger partial charge in [-0.15, -0.1) is 11.3 Å². The first-order valence-electron chi connectivity index (χ1n) is 8.46. The molecule has 1 unspecified atom stereocenters. The van der Waals surface area contributed by atoms with Gasteiger partial charge in [-0.3, -0.25) is 14.6 Å². The van der Waals surface area contributed by atoms with E-state index in [9.17, 15) is 9.59 Å². The van der Waals surface area contributed by atoms with Crippen molar-refractivity contribution in [3.05, 3.63) is 35.6 Å². The number of thiazole rings is 1. The quantitative estimate of drug-likeness (QED) is 0.767. The molecule has 2 aromatic rings. The van der Waals surface area contributed by atoms with Gasteiger partial charge < -0.3 is 9.64 Å². The monoisotopic (exact) mass is 359 g/mol. The second kappa shape index (κ2) is 8.20. The van der Waals surface area contributed by atoms with E-state index in [1.165, 1.54) is 11.3 Å². The molecular weight excluding hydrogens is 338 g/mol. The van der Waals surface area contributed by atoms with Crippen molar-refractivity contribution in [1.29, 1.82) is 0 Å². The Kier molecular flexibility index (Phi) is 5.75. The van der Waals surface area contributed by atoms with Gasteiger partial charge in [0.15, 0.2) is 0 Å². The number of rotatable bonds is 5. The summed E-state index contributed by atoms with van der Waals surface area (Å²) in [6, 6.07) is 3.80. The number of ether oxygens (including phenoxy) is 1. The fourth-order valence-corrected chi connectivity index (χ4v) is 3.76.